The fraction of sp³-hybridized carbons (Fsp3) is 0.818. The number of carbonyl (C=O) groups excluding carboxylic acids is 1. The molecule has 0 radical (unpaired) electrons. The van der Waals surface area contributed by atoms with E-state index in [0.717, 1.165) is 6.42 Å². The first-order valence-electron chi connectivity index (χ1n) is 5.84. The highest BCUT2D eigenvalue weighted by molar-refractivity contribution is 6.01. The highest BCUT2D eigenvalue weighted by atomic mass is 16.4. The highest BCUT2D eigenvalue weighted by Crippen LogP contribution is 2.11. The summed E-state index contributed by atoms with van der Waals surface area (Å²) in [6.45, 7) is 4.06. The van der Waals surface area contributed by atoms with E-state index in [1.54, 1.807) is 14.0 Å². The number of amidine groups is 1. The summed E-state index contributed by atoms with van der Waals surface area (Å²) in [6, 6.07) is 0. The lowest BCUT2D eigenvalue weighted by Crippen LogP contribution is -2.40. The molecule has 2 unspecified atom stereocenters. The standard InChI is InChI=1S/C11H23N3O3/c1-4-5-9(10(12)13-17)11(16)14(3)7-6-8(2)15/h8-9,15,17H,4-7H2,1-3H3,(H2,12,13). The Morgan fingerprint density at radius 2 is 2.06 bits per heavy atom. The second-order valence-corrected chi connectivity index (χ2v) is 4.26. The van der Waals surface area contributed by atoms with Crippen LogP contribution >= 0.6 is 0 Å². The second kappa shape index (κ2) is 7.89. The van der Waals surface area contributed by atoms with Crippen LogP contribution in [-0.4, -0.2) is 46.7 Å². The Labute approximate surface area is 102 Å². The quantitative estimate of drug-likeness (QED) is 0.261. The van der Waals surface area contributed by atoms with Crippen molar-refractivity contribution in [2.45, 2.75) is 39.2 Å². The molecule has 4 N–H and O–H groups in total. The molecule has 6 nitrogen and oxygen atoms in total. The highest BCUT2D eigenvalue weighted by Gasteiger charge is 2.25. The van der Waals surface area contributed by atoms with Crippen molar-refractivity contribution in [1.82, 2.24) is 4.90 Å². The van der Waals surface area contributed by atoms with Crippen LogP contribution in [0.3, 0.4) is 0 Å². The van der Waals surface area contributed by atoms with E-state index < -0.39 is 12.0 Å². The number of rotatable bonds is 7. The largest absolute Gasteiger partial charge is 0.409 e. The summed E-state index contributed by atoms with van der Waals surface area (Å²) in [4.78, 5) is 13.5. The topological polar surface area (TPSA) is 99.2 Å². The number of oxime groups is 1. The monoisotopic (exact) mass is 245 g/mol. The van der Waals surface area contributed by atoms with Crippen LogP contribution in [0.1, 0.15) is 33.1 Å². The molecular weight excluding hydrogens is 222 g/mol. The number of nitrogens with two attached hydrogens (primary N) is 1. The minimum atomic E-state index is -0.580. The number of hydrogen-bond acceptors (Lipinski definition) is 4. The number of aliphatic hydroxyl groups is 1. The molecule has 0 aromatic carbocycles. The van der Waals surface area contributed by atoms with Crippen LogP contribution in [0.4, 0.5) is 0 Å². The Bertz CT molecular complexity index is 267. The zero-order valence-electron chi connectivity index (χ0n) is 10.8. The molecule has 0 rings (SSSR count). The number of nitrogens with zero attached hydrogens (tertiary/aromatic N) is 2. The van der Waals surface area contributed by atoms with E-state index in [1.807, 2.05) is 6.92 Å². The zero-order chi connectivity index (χ0) is 13.4. The van der Waals surface area contributed by atoms with Gasteiger partial charge in [0.2, 0.25) is 5.91 Å². The normalized spacial score (nSPS) is 15.4. The van der Waals surface area contributed by atoms with Gasteiger partial charge in [-0.05, 0) is 19.8 Å². The van der Waals surface area contributed by atoms with Gasteiger partial charge in [0.25, 0.3) is 0 Å². The van der Waals surface area contributed by atoms with Crippen molar-refractivity contribution in [2.75, 3.05) is 13.6 Å². The van der Waals surface area contributed by atoms with Gasteiger partial charge in [-0.25, -0.2) is 0 Å². The predicted molar refractivity (Wildman–Crippen MR) is 65.7 cm³/mol. The third-order valence-electron chi connectivity index (χ3n) is 2.61. The van der Waals surface area contributed by atoms with Crippen LogP contribution in [0.25, 0.3) is 0 Å². The SMILES string of the molecule is CCCC(C(=O)N(C)CCC(C)O)C(N)=NO. The molecule has 1 amide bonds. The number of amides is 1. The predicted octanol–water partition coefficient (Wildman–Crippen LogP) is 0.378. The molecule has 100 valence electrons. The lowest BCUT2D eigenvalue weighted by Gasteiger charge is -2.23. The maximum Gasteiger partial charge on any atom is 0.233 e. The van der Waals surface area contributed by atoms with Crippen molar-refractivity contribution < 1.29 is 15.1 Å². The molecule has 0 saturated carbocycles. The third kappa shape index (κ3) is 5.53. The van der Waals surface area contributed by atoms with Gasteiger partial charge in [-0.15, -0.1) is 0 Å². The Hall–Kier alpha value is -1.30. The van der Waals surface area contributed by atoms with Crippen molar-refractivity contribution >= 4 is 11.7 Å². The first kappa shape index (κ1) is 15.7. The van der Waals surface area contributed by atoms with Crippen LogP contribution in [-0.2, 0) is 4.79 Å². The zero-order valence-corrected chi connectivity index (χ0v) is 10.8. The van der Waals surface area contributed by atoms with Crippen LogP contribution < -0.4 is 5.73 Å². The van der Waals surface area contributed by atoms with Gasteiger partial charge >= 0.3 is 0 Å². The molecule has 0 aliphatic heterocycles. The summed E-state index contributed by atoms with van der Waals surface area (Å²) in [5.41, 5.74) is 5.50. The summed E-state index contributed by atoms with van der Waals surface area (Å²) in [5, 5.41) is 20.7. The molecule has 0 fully saturated rings. The molecule has 0 aliphatic carbocycles. The Balaban J connectivity index is 4.49. The van der Waals surface area contributed by atoms with Crippen molar-refractivity contribution in [3.05, 3.63) is 0 Å². The number of aliphatic hydroxyl groups excluding tert-OH is 1. The van der Waals surface area contributed by atoms with Crippen LogP contribution in [0.5, 0.6) is 0 Å². The molecule has 0 aromatic heterocycles. The lowest BCUT2D eigenvalue weighted by molar-refractivity contribution is -0.132. The van der Waals surface area contributed by atoms with E-state index in [4.69, 9.17) is 16.0 Å². The van der Waals surface area contributed by atoms with E-state index in [1.165, 1.54) is 4.90 Å². The van der Waals surface area contributed by atoms with E-state index in [2.05, 4.69) is 5.16 Å². The van der Waals surface area contributed by atoms with Gasteiger partial charge < -0.3 is 20.9 Å². The van der Waals surface area contributed by atoms with Crippen molar-refractivity contribution in [3.63, 3.8) is 0 Å². The smallest absolute Gasteiger partial charge is 0.233 e. The first-order valence-corrected chi connectivity index (χ1v) is 5.84. The molecule has 0 aromatic rings. The fourth-order valence-electron chi connectivity index (χ4n) is 1.51. The second-order valence-electron chi connectivity index (χ2n) is 4.26. The van der Waals surface area contributed by atoms with Gasteiger partial charge in [-0.3, -0.25) is 4.79 Å². The van der Waals surface area contributed by atoms with E-state index >= 15 is 0 Å². The van der Waals surface area contributed by atoms with Crippen molar-refractivity contribution in [3.8, 4) is 0 Å². The molecule has 0 heterocycles. The van der Waals surface area contributed by atoms with Gasteiger partial charge in [0.15, 0.2) is 5.84 Å². The van der Waals surface area contributed by atoms with Crippen molar-refractivity contribution in [2.24, 2.45) is 16.8 Å². The van der Waals surface area contributed by atoms with Gasteiger partial charge in [-0.1, -0.05) is 18.5 Å². The Morgan fingerprint density at radius 1 is 1.47 bits per heavy atom. The molecule has 0 bridgehead atoms. The van der Waals surface area contributed by atoms with Gasteiger partial charge in [0.05, 0.1) is 12.0 Å². The van der Waals surface area contributed by atoms with Crippen LogP contribution in [0, 0.1) is 5.92 Å². The minimum absolute atomic E-state index is 0.0549. The van der Waals surface area contributed by atoms with Gasteiger partial charge in [0.1, 0.15) is 0 Å². The van der Waals surface area contributed by atoms with Crippen molar-refractivity contribution in [1.29, 1.82) is 0 Å². The maximum absolute atomic E-state index is 12.0. The molecular formula is C11H23N3O3. The maximum atomic E-state index is 12.0. The summed E-state index contributed by atoms with van der Waals surface area (Å²) in [7, 11) is 1.65. The molecule has 0 spiro atoms. The summed E-state index contributed by atoms with van der Waals surface area (Å²) in [5.74, 6) is -0.812. The lowest BCUT2D eigenvalue weighted by atomic mass is 10.0. The van der Waals surface area contributed by atoms with Crippen LogP contribution in [0.15, 0.2) is 5.16 Å². The molecule has 0 aliphatic rings. The average Bonchev–Trinajstić information content (AvgIpc) is 2.31. The first-order chi connectivity index (χ1) is 7.93. The van der Waals surface area contributed by atoms with E-state index in [9.17, 15) is 4.79 Å². The molecule has 6 heteroatoms. The van der Waals surface area contributed by atoms with E-state index in [0.29, 0.717) is 19.4 Å². The summed E-state index contributed by atoms with van der Waals surface area (Å²) in [6.07, 6.45) is 1.39. The summed E-state index contributed by atoms with van der Waals surface area (Å²) < 4.78 is 0. The molecule has 0 saturated heterocycles. The fourth-order valence-corrected chi connectivity index (χ4v) is 1.51. The summed E-state index contributed by atoms with van der Waals surface area (Å²) >= 11 is 0. The molecule has 2 atom stereocenters. The molecule has 17 heavy (non-hydrogen) atoms. The third-order valence-corrected chi connectivity index (χ3v) is 2.61. The van der Waals surface area contributed by atoms with Crippen LogP contribution in [0.2, 0.25) is 0 Å². The van der Waals surface area contributed by atoms with Gasteiger partial charge in [0, 0.05) is 13.6 Å². The van der Waals surface area contributed by atoms with Gasteiger partial charge in [-0.2, -0.15) is 0 Å². The number of carbonyl (C=O) groups is 1. The number of hydrogen-bond donors (Lipinski definition) is 3. The minimum Gasteiger partial charge on any atom is -0.409 e. The van der Waals surface area contributed by atoms with E-state index in [-0.39, 0.29) is 11.7 Å². The Kier molecular flexibility index (Phi) is 7.29. The Morgan fingerprint density at radius 3 is 2.47 bits per heavy atom. The average molecular weight is 245 g/mol.